The molecule has 3 aromatic heterocycles. The maximum absolute atomic E-state index is 5.98. The Labute approximate surface area is 126 Å². The van der Waals surface area contributed by atoms with Crippen molar-refractivity contribution >= 4 is 39.7 Å². The Hall–Kier alpha value is -1.59. The van der Waals surface area contributed by atoms with Gasteiger partial charge < -0.3 is 5.32 Å². The quantitative estimate of drug-likeness (QED) is 0.790. The zero-order valence-electron chi connectivity index (χ0n) is 11.5. The molecule has 0 aliphatic rings. The van der Waals surface area contributed by atoms with E-state index in [-0.39, 0.29) is 6.04 Å². The van der Waals surface area contributed by atoms with E-state index in [4.69, 9.17) is 11.6 Å². The molecule has 0 radical (unpaired) electrons. The number of fused-ring (bicyclic) bond motifs is 1. The number of hydrogen-bond donors (Lipinski definition) is 1. The number of nitrogens with zero attached hydrogens (tertiary/aromatic N) is 3. The normalized spacial score (nSPS) is 12.8. The van der Waals surface area contributed by atoms with Crippen LogP contribution in [0, 0.1) is 6.92 Å². The molecule has 1 atom stereocenters. The summed E-state index contributed by atoms with van der Waals surface area (Å²) < 4.78 is 2.61. The summed E-state index contributed by atoms with van der Waals surface area (Å²) in [4.78, 5) is 5.68. The van der Waals surface area contributed by atoms with E-state index in [0.29, 0.717) is 0 Å². The summed E-state index contributed by atoms with van der Waals surface area (Å²) in [6.45, 7) is 4.11. The molecule has 0 aliphatic carbocycles. The molecule has 0 aromatic carbocycles. The van der Waals surface area contributed by atoms with Crippen molar-refractivity contribution in [3.8, 4) is 0 Å². The highest BCUT2D eigenvalue weighted by atomic mass is 35.5. The van der Waals surface area contributed by atoms with Crippen molar-refractivity contribution in [3.05, 3.63) is 39.3 Å². The summed E-state index contributed by atoms with van der Waals surface area (Å²) in [7, 11) is 1.91. The van der Waals surface area contributed by atoms with Gasteiger partial charge in [-0.05, 0) is 32.0 Å². The molecule has 0 spiro atoms. The van der Waals surface area contributed by atoms with Gasteiger partial charge in [-0.25, -0.2) is 4.98 Å². The summed E-state index contributed by atoms with van der Waals surface area (Å²) in [5, 5.41) is 8.91. The summed E-state index contributed by atoms with van der Waals surface area (Å²) in [5.74, 6) is 0. The predicted octanol–water partition coefficient (Wildman–Crippen LogP) is 4.16. The first-order valence-corrected chi connectivity index (χ1v) is 7.55. The smallest absolute Gasteiger partial charge is 0.157 e. The lowest BCUT2D eigenvalue weighted by molar-refractivity contribution is 0.774. The molecule has 1 N–H and O–H groups in total. The Morgan fingerprint density at radius 1 is 1.40 bits per heavy atom. The minimum atomic E-state index is 0.198. The van der Waals surface area contributed by atoms with Crippen molar-refractivity contribution < 1.29 is 0 Å². The molecule has 3 aromatic rings. The molecule has 0 amide bonds. The van der Waals surface area contributed by atoms with Gasteiger partial charge in [0.05, 0.1) is 28.0 Å². The molecule has 0 aliphatic heterocycles. The van der Waals surface area contributed by atoms with E-state index in [1.165, 1.54) is 4.88 Å². The SMILES string of the molecule is Cc1nn(C)c2ncc(NC(C)c3ccc(Cl)s3)cc12. The standard InChI is InChI=1S/C14H15ClN4S/c1-8-11-6-10(7-16-14(11)19(3)18-8)17-9(2)12-4-5-13(15)20-12/h4-7,9,17H,1-3H3. The largest absolute Gasteiger partial charge is 0.376 e. The summed E-state index contributed by atoms with van der Waals surface area (Å²) in [6, 6.07) is 6.26. The number of rotatable bonds is 3. The van der Waals surface area contributed by atoms with Gasteiger partial charge in [-0.1, -0.05) is 11.6 Å². The lowest BCUT2D eigenvalue weighted by atomic mass is 10.2. The molecular weight excluding hydrogens is 292 g/mol. The van der Waals surface area contributed by atoms with Crippen LogP contribution in [0.4, 0.5) is 5.69 Å². The minimum absolute atomic E-state index is 0.198. The third-order valence-corrected chi connectivity index (χ3v) is 4.68. The third-order valence-electron chi connectivity index (χ3n) is 3.27. The fourth-order valence-corrected chi connectivity index (χ4v) is 3.33. The highest BCUT2D eigenvalue weighted by molar-refractivity contribution is 7.16. The molecule has 4 nitrogen and oxygen atoms in total. The molecule has 20 heavy (non-hydrogen) atoms. The minimum Gasteiger partial charge on any atom is -0.376 e. The predicted molar refractivity (Wildman–Crippen MR) is 84.6 cm³/mol. The van der Waals surface area contributed by atoms with Crippen LogP contribution in [0.25, 0.3) is 11.0 Å². The molecule has 0 bridgehead atoms. The second kappa shape index (κ2) is 5.07. The number of pyridine rings is 1. The average Bonchev–Trinajstić information content (AvgIpc) is 2.95. The van der Waals surface area contributed by atoms with Crippen LogP contribution in [0.5, 0.6) is 0 Å². The van der Waals surface area contributed by atoms with Crippen LogP contribution in [0.15, 0.2) is 24.4 Å². The van der Waals surface area contributed by atoms with Gasteiger partial charge in [0.1, 0.15) is 0 Å². The third kappa shape index (κ3) is 2.39. The molecule has 1 unspecified atom stereocenters. The maximum Gasteiger partial charge on any atom is 0.157 e. The number of aromatic nitrogens is 3. The van der Waals surface area contributed by atoms with Crippen molar-refractivity contribution in [3.63, 3.8) is 0 Å². The highest BCUT2D eigenvalue weighted by Crippen LogP contribution is 2.29. The second-order valence-corrected chi connectivity index (χ2v) is 6.56. The van der Waals surface area contributed by atoms with Gasteiger partial charge in [0, 0.05) is 17.3 Å². The van der Waals surface area contributed by atoms with Crippen molar-refractivity contribution in [2.75, 3.05) is 5.32 Å². The van der Waals surface area contributed by atoms with Gasteiger partial charge in [0.2, 0.25) is 0 Å². The van der Waals surface area contributed by atoms with Gasteiger partial charge in [0.25, 0.3) is 0 Å². The van der Waals surface area contributed by atoms with E-state index in [0.717, 1.165) is 26.8 Å². The van der Waals surface area contributed by atoms with E-state index in [9.17, 15) is 0 Å². The number of halogens is 1. The van der Waals surface area contributed by atoms with Gasteiger partial charge in [0.15, 0.2) is 5.65 Å². The van der Waals surface area contributed by atoms with Crippen molar-refractivity contribution in [1.29, 1.82) is 0 Å². The Morgan fingerprint density at radius 2 is 2.20 bits per heavy atom. The molecule has 6 heteroatoms. The maximum atomic E-state index is 5.98. The number of hydrogen-bond acceptors (Lipinski definition) is 4. The molecule has 0 fully saturated rings. The van der Waals surface area contributed by atoms with Crippen LogP contribution < -0.4 is 5.32 Å². The van der Waals surface area contributed by atoms with Crippen LogP contribution >= 0.6 is 22.9 Å². The number of anilines is 1. The van der Waals surface area contributed by atoms with Gasteiger partial charge >= 0.3 is 0 Å². The van der Waals surface area contributed by atoms with E-state index in [1.807, 2.05) is 32.3 Å². The van der Waals surface area contributed by atoms with E-state index >= 15 is 0 Å². The molecule has 3 rings (SSSR count). The van der Waals surface area contributed by atoms with Crippen LogP contribution in [-0.2, 0) is 7.05 Å². The topological polar surface area (TPSA) is 42.7 Å². The molecule has 0 saturated heterocycles. The van der Waals surface area contributed by atoms with Gasteiger partial charge in [-0.3, -0.25) is 4.68 Å². The first kappa shape index (κ1) is 13.4. The van der Waals surface area contributed by atoms with Crippen LogP contribution in [0.1, 0.15) is 23.5 Å². The van der Waals surface area contributed by atoms with Crippen molar-refractivity contribution in [1.82, 2.24) is 14.8 Å². The first-order chi connectivity index (χ1) is 9.54. The molecule has 3 heterocycles. The zero-order valence-corrected chi connectivity index (χ0v) is 13.1. The lowest BCUT2D eigenvalue weighted by Crippen LogP contribution is -2.05. The monoisotopic (exact) mass is 306 g/mol. The summed E-state index contributed by atoms with van der Waals surface area (Å²) in [5.41, 5.74) is 2.89. The van der Waals surface area contributed by atoms with Crippen LogP contribution in [-0.4, -0.2) is 14.8 Å². The Kier molecular flexibility index (Phi) is 3.40. The van der Waals surface area contributed by atoms with Crippen LogP contribution in [0.3, 0.4) is 0 Å². The van der Waals surface area contributed by atoms with E-state index in [1.54, 1.807) is 16.0 Å². The molecular formula is C14H15ClN4S. The summed E-state index contributed by atoms with van der Waals surface area (Å²) in [6.07, 6.45) is 1.84. The number of nitrogens with one attached hydrogen (secondary N) is 1. The van der Waals surface area contributed by atoms with Crippen LogP contribution in [0.2, 0.25) is 4.34 Å². The Bertz CT molecular complexity index is 762. The second-order valence-electron chi connectivity index (χ2n) is 4.81. The van der Waals surface area contributed by atoms with E-state index in [2.05, 4.69) is 28.4 Å². The zero-order chi connectivity index (χ0) is 14.3. The van der Waals surface area contributed by atoms with Crippen molar-refractivity contribution in [2.24, 2.45) is 7.05 Å². The van der Waals surface area contributed by atoms with E-state index < -0.39 is 0 Å². The Balaban J connectivity index is 1.89. The highest BCUT2D eigenvalue weighted by Gasteiger charge is 2.11. The summed E-state index contributed by atoms with van der Waals surface area (Å²) >= 11 is 7.57. The molecule has 0 saturated carbocycles. The molecule has 104 valence electrons. The average molecular weight is 307 g/mol. The first-order valence-electron chi connectivity index (χ1n) is 6.35. The van der Waals surface area contributed by atoms with Gasteiger partial charge in [-0.15, -0.1) is 11.3 Å². The number of thiophene rings is 1. The fourth-order valence-electron chi connectivity index (χ4n) is 2.27. The lowest BCUT2D eigenvalue weighted by Gasteiger charge is -2.13. The van der Waals surface area contributed by atoms with Crippen molar-refractivity contribution in [2.45, 2.75) is 19.9 Å². The fraction of sp³-hybridized carbons (Fsp3) is 0.286. The van der Waals surface area contributed by atoms with Gasteiger partial charge in [-0.2, -0.15) is 5.10 Å². The Morgan fingerprint density at radius 3 is 2.90 bits per heavy atom. The number of aryl methyl sites for hydroxylation is 2.